The number of nitrogens with zero attached hydrogens (tertiary/aromatic N) is 3. The molecule has 2 aromatic rings. The maximum absolute atomic E-state index is 11.6. The number of benzene rings is 1. The van der Waals surface area contributed by atoms with Crippen LogP contribution in [0.15, 0.2) is 30.3 Å². The zero-order valence-corrected chi connectivity index (χ0v) is 18.0. The first-order valence-corrected chi connectivity index (χ1v) is 10.9. The molecule has 5 nitrogen and oxygen atoms in total. The van der Waals surface area contributed by atoms with E-state index in [1.165, 1.54) is 11.1 Å². The number of aromatic nitrogens is 1. The van der Waals surface area contributed by atoms with Crippen LogP contribution in [0.1, 0.15) is 18.5 Å². The van der Waals surface area contributed by atoms with Crippen LogP contribution in [0.3, 0.4) is 0 Å². The Balaban J connectivity index is 0.00000131. The predicted molar refractivity (Wildman–Crippen MR) is 116 cm³/mol. The van der Waals surface area contributed by atoms with E-state index in [0.717, 1.165) is 50.2 Å². The number of para-hydroxylation sites is 1. The van der Waals surface area contributed by atoms with Gasteiger partial charge in [0.1, 0.15) is 9.84 Å². The van der Waals surface area contributed by atoms with E-state index >= 15 is 0 Å². The SMILES string of the molecule is Cc1ccc2cccc(N3CCN(C4CCS(=O)(=O)CC4)CC3)c2n1.Cl.Cl. The molecule has 0 unspecified atom stereocenters. The van der Waals surface area contributed by atoms with Gasteiger partial charge in [-0.3, -0.25) is 9.88 Å². The van der Waals surface area contributed by atoms with Gasteiger partial charge < -0.3 is 4.90 Å². The third-order valence-corrected chi connectivity index (χ3v) is 7.25. The van der Waals surface area contributed by atoms with Crippen LogP contribution >= 0.6 is 24.8 Å². The van der Waals surface area contributed by atoms with Crippen molar-refractivity contribution in [2.24, 2.45) is 0 Å². The van der Waals surface area contributed by atoms with Crippen molar-refractivity contribution in [1.82, 2.24) is 9.88 Å². The number of fused-ring (bicyclic) bond motifs is 1. The summed E-state index contributed by atoms with van der Waals surface area (Å²) >= 11 is 0. The number of aryl methyl sites for hydroxylation is 1. The number of hydrogen-bond donors (Lipinski definition) is 0. The quantitative estimate of drug-likeness (QED) is 0.730. The van der Waals surface area contributed by atoms with Gasteiger partial charge in [0.15, 0.2) is 0 Å². The highest BCUT2D eigenvalue weighted by molar-refractivity contribution is 7.91. The van der Waals surface area contributed by atoms with E-state index in [0.29, 0.717) is 17.5 Å². The van der Waals surface area contributed by atoms with Gasteiger partial charge in [-0.2, -0.15) is 0 Å². The minimum absolute atomic E-state index is 0. The molecule has 8 heteroatoms. The zero-order chi connectivity index (χ0) is 17.4. The van der Waals surface area contributed by atoms with Crippen LogP contribution in [0.5, 0.6) is 0 Å². The largest absolute Gasteiger partial charge is 0.367 e. The van der Waals surface area contributed by atoms with Crippen LogP contribution in [0.4, 0.5) is 5.69 Å². The summed E-state index contributed by atoms with van der Waals surface area (Å²) in [4.78, 5) is 9.66. The van der Waals surface area contributed by atoms with Gasteiger partial charge in [-0.15, -0.1) is 24.8 Å². The summed E-state index contributed by atoms with van der Waals surface area (Å²) in [5.41, 5.74) is 3.34. The van der Waals surface area contributed by atoms with Crippen LogP contribution < -0.4 is 4.90 Å². The van der Waals surface area contributed by atoms with Gasteiger partial charge in [-0.1, -0.05) is 18.2 Å². The van der Waals surface area contributed by atoms with E-state index in [9.17, 15) is 8.42 Å². The van der Waals surface area contributed by atoms with Crippen LogP contribution in [0.25, 0.3) is 10.9 Å². The van der Waals surface area contributed by atoms with Crippen molar-refractivity contribution >= 4 is 51.2 Å². The van der Waals surface area contributed by atoms with Crippen molar-refractivity contribution in [3.8, 4) is 0 Å². The monoisotopic (exact) mass is 431 g/mol. The minimum atomic E-state index is -2.78. The standard InChI is InChI=1S/C19H25N3O2S.2ClH/c1-15-5-6-16-3-2-4-18(19(16)20-15)22-11-9-21(10-12-22)17-7-13-25(23,24)14-8-17;;/h2-6,17H,7-14H2,1H3;2*1H. The van der Waals surface area contributed by atoms with Gasteiger partial charge in [-0.05, 0) is 31.9 Å². The number of sulfone groups is 1. The lowest BCUT2D eigenvalue weighted by atomic mass is 10.1. The Bertz CT molecular complexity index is 870. The summed E-state index contributed by atoms with van der Waals surface area (Å²) in [5.74, 6) is 0.703. The van der Waals surface area contributed by atoms with Gasteiger partial charge in [0.25, 0.3) is 0 Å². The molecule has 1 aromatic carbocycles. The Morgan fingerprint density at radius 2 is 1.63 bits per heavy atom. The van der Waals surface area contributed by atoms with Crippen LogP contribution in [0, 0.1) is 6.92 Å². The van der Waals surface area contributed by atoms with Crippen molar-refractivity contribution in [2.75, 3.05) is 42.6 Å². The first-order chi connectivity index (χ1) is 12.0. The molecule has 150 valence electrons. The van der Waals surface area contributed by atoms with Crippen molar-refractivity contribution in [1.29, 1.82) is 0 Å². The van der Waals surface area contributed by atoms with Crippen LogP contribution in [0.2, 0.25) is 0 Å². The van der Waals surface area contributed by atoms with E-state index in [-0.39, 0.29) is 24.8 Å². The highest BCUT2D eigenvalue weighted by Crippen LogP contribution is 2.27. The molecule has 0 radical (unpaired) electrons. The third kappa shape index (κ3) is 4.86. The molecule has 0 N–H and O–H groups in total. The highest BCUT2D eigenvalue weighted by atomic mass is 35.5. The minimum Gasteiger partial charge on any atom is -0.367 e. The first-order valence-electron chi connectivity index (χ1n) is 9.08. The van der Waals surface area contributed by atoms with Gasteiger partial charge in [0.2, 0.25) is 0 Å². The molecule has 0 bridgehead atoms. The number of pyridine rings is 1. The number of anilines is 1. The molecule has 1 aromatic heterocycles. The van der Waals surface area contributed by atoms with Crippen LogP contribution in [-0.2, 0) is 9.84 Å². The van der Waals surface area contributed by atoms with E-state index in [4.69, 9.17) is 4.98 Å². The van der Waals surface area contributed by atoms with Gasteiger partial charge in [0, 0.05) is 43.3 Å². The number of piperazine rings is 1. The second kappa shape index (κ2) is 8.95. The summed E-state index contributed by atoms with van der Waals surface area (Å²) in [6, 6.07) is 11.0. The predicted octanol–water partition coefficient (Wildman–Crippen LogP) is 3.09. The molecule has 4 rings (SSSR count). The van der Waals surface area contributed by atoms with E-state index in [1.807, 2.05) is 6.92 Å². The normalized spacial score (nSPS) is 20.7. The van der Waals surface area contributed by atoms with E-state index in [2.05, 4.69) is 40.1 Å². The average Bonchev–Trinajstić information content (AvgIpc) is 2.61. The summed E-state index contributed by atoms with van der Waals surface area (Å²) in [7, 11) is -2.78. The maximum atomic E-state index is 11.6. The smallest absolute Gasteiger partial charge is 0.150 e. The Morgan fingerprint density at radius 1 is 0.963 bits per heavy atom. The molecule has 2 aliphatic heterocycles. The Labute approximate surface area is 173 Å². The highest BCUT2D eigenvalue weighted by Gasteiger charge is 2.30. The fourth-order valence-corrected chi connectivity index (χ4v) is 5.52. The molecular formula is C19H27Cl2N3O2S. The van der Waals surface area contributed by atoms with E-state index in [1.54, 1.807) is 0 Å². The average molecular weight is 432 g/mol. The molecule has 27 heavy (non-hydrogen) atoms. The van der Waals surface area contributed by atoms with Crippen molar-refractivity contribution < 1.29 is 8.42 Å². The molecule has 0 aliphatic carbocycles. The van der Waals surface area contributed by atoms with E-state index < -0.39 is 9.84 Å². The van der Waals surface area contributed by atoms with Gasteiger partial charge in [-0.25, -0.2) is 8.42 Å². The van der Waals surface area contributed by atoms with Crippen molar-refractivity contribution in [3.63, 3.8) is 0 Å². The molecule has 0 spiro atoms. The second-order valence-corrected chi connectivity index (χ2v) is 9.51. The molecule has 2 aliphatic rings. The second-order valence-electron chi connectivity index (χ2n) is 7.21. The Morgan fingerprint density at radius 3 is 2.30 bits per heavy atom. The number of rotatable bonds is 2. The zero-order valence-electron chi connectivity index (χ0n) is 15.5. The topological polar surface area (TPSA) is 53.5 Å². The maximum Gasteiger partial charge on any atom is 0.150 e. The van der Waals surface area contributed by atoms with Crippen molar-refractivity contribution in [3.05, 3.63) is 36.0 Å². The molecule has 3 heterocycles. The first kappa shape index (κ1) is 22.2. The lowest BCUT2D eigenvalue weighted by molar-refractivity contribution is 0.173. The van der Waals surface area contributed by atoms with Crippen LogP contribution in [-0.4, -0.2) is 62.0 Å². The molecule has 0 saturated carbocycles. The lowest BCUT2D eigenvalue weighted by Gasteiger charge is -2.41. The fourth-order valence-electron chi connectivity index (χ4n) is 4.05. The number of hydrogen-bond acceptors (Lipinski definition) is 5. The number of halogens is 2. The third-order valence-electron chi connectivity index (χ3n) is 5.53. The molecule has 2 fully saturated rings. The summed E-state index contributed by atoms with van der Waals surface area (Å²) in [6.07, 6.45) is 1.58. The van der Waals surface area contributed by atoms with Gasteiger partial charge >= 0.3 is 0 Å². The lowest BCUT2D eigenvalue weighted by Crippen LogP contribution is -2.52. The Kier molecular flexibility index (Phi) is 7.36. The molecular weight excluding hydrogens is 405 g/mol. The fraction of sp³-hybridized carbons (Fsp3) is 0.526. The molecule has 2 saturated heterocycles. The van der Waals surface area contributed by atoms with Crippen molar-refractivity contribution in [2.45, 2.75) is 25.8 Å². The van der Waals surface area contributed by atoms with Gasteiger partial charge in [0.05, 0.1) is 22.7 Å². The summed E-state index contributed by atoms with van der Waals surface area (Å²) < 4.78 is 23.3. The molecule has 0 atom stereocenters. The summed E-state index contributed by atoms with van der Waals surface area (Å²) in [6.45, 7) is 5.96. The Hall–Kier alpha value is -1.08. The summed E-state index contributed by atoms with van der Waals surface area (Å²) in [5, 5.41) is 1.18. The molecule has 0 amide bonds.